The first kappa shape index (κ1) is 50.5. The Bertz CT molecular complexity index is 949. The fraction of sp³-hybridized carbons (Fsp3) is 0.857. The Hall–Kier alpha value is -1.51. The highest BCUT2D eigenvalue weighted by Crippen LogP contribution is 2.43. The number of hydrogen-bond donors (Lipinski definition) is 1. The van der Waals surface area contributed by atoms with Gasteiger partial charge in [0.15, 0.2) is 6.10 Å². The molecule has 2 atom stereocenters. The monoisotopic (exact) mass is 759 g/mol. The highest BCUT2D eigenvalue weighted by Gasteiger charge is 2.27. The third-order valence-electron chi connectivity index (χ3n) is 8.95. The predicted molar refractivity (Wildman–Crippen MR) is 215 cm³/mol. The summed E-state index contributed by atoms with van der Waals surface area (Å²) in [6.07, 6.45) is 36.5. The average Bonchev–Trinajstić information content (AvgIpc) is 3.09. The van der Waals surface area contributed by atoms with E-state index in [0.29, 0.717) is 23.9 Å². The van der Waals surface area contributed by atoms with E-state index < -0.39 is 26.5 Å². The molecule has 0 fully saturated rings. The van der Waals surface area contributed by atoms with Crippen molar-refractivity contribution in [1.29, 1.82) is 0 Å². The Labute approximate surface area is 319 Å². The van der Waals surface area contributed by atoms with E-state index in [1.54, 1.807) is 0 Å². The molecule has 9 nitrogen and oxygen atoms in total. The number of carbonyl (C=O) groups excluding carboxylic acids is 2. The predicted octanol–water partition coefficient (Wildman–Crippen LogP) is 11.6. The zero-order valence-corrected chi connectivity index (χ0v) is 35.2. The van der Waals surface area contributed by atoms with Crippen LogP contribution in [0.15, 0.2) is 24.3 Å². The molecule has 0 saturated heterocycles. The van der Waals surface area contributed by atoms with Gasteiger partial charge in [0.2, 0.25) is 0 Å². The van der Waals surface area contributed by atoms with Gasteiger partial charge < -0.3 is 18.9 Å². The first-order chi connectivity index (χ1) is 25.0. The summed E-state index contributed by atoms with van der Waals surface area (Å²) in [4.78, 5) is 35.2. The van der Waals surface area contributed by atoms with Crippen molar-refractivity contribution in [3.8, 4) is 0 Å². The lowest BCUT2D eigenvalue weighted by atomic mass is 10.1. The highest BCUT2D eigenvalue weighted by atomic mass is 31.2. The minimum absolute atomic E-state index is 0.0278. The van der Waals surface area contributed by atoms with Crippen LogP contribution in [0.5, 0.6) is 0 Å². The SMILES string of the molecule is CCCCCCCC/C=C/CCCCCC(=O)O[C@H](COC(=O)CCCCC/C=C/CCCCCCCCCC)COP(=O)(O)OCC[N+](C)(C)C. The molecular formula is C42H81NO8P+. The van der Waals surface area contributed by atoms with E-state index in [-0.39, 0.29) is 32.0 Å². The molecule has 10 heteroatoms. The molecule has 0 spiro atoms. The van der Waals surface area contributed by atoms with Crippen LogP contribution in [0.4, 0.5) is 0 Å². The number of esters is 2. The van der Waals surface area contributed by atoms with Gasteiger partial charge in [-0.3, -0.25) is 18.6 Å². The summed E-state index contributed by atoms with van der Waals surface area (Å²) in [5.41, 5.74) is 0. The summed E-state index contributed by atoms with van der Waals surface area (Å²) in [6, 6.07) is 0. The Morgan fingerprint density at radius 1 is 0.577 bits per heavy atom. The van der Waals surface area contributed by atoms with Crippen LogP contribution in [0.2, 0.25) is 0 Å². The maximum Gasteiger partial charge on any atom is 0.472 e. The smallest absolute Gasteiger partial charge is 0.462 e. The van der Waals surface area contributed by atoms with Gasteiger partial charge in [0, 0.05) is 12.8 Å². The van der Waals surface area contributed by atoms with Crippen molar-refractivity contribution < 1.29 is 42.1 Å². The van der Waals surface area contributed by atoms with Crippen molar-refractivity contribution in [3.05, 3.63) is 24.3 Å². The van der Waals surface area contributed by atoms with Crippen molar-refractivity contribution in [3.63, 3.8) is 0 Å². The fourth-order valence-electron chi connectivity index (χ4n) is 5.59. The second-order valence-electron chi connectivity index (χ2n) is 15.4. The zero-order valence-electron chi connectivity index (χ0n) is 34.3. The van der Waals surface area contributed by atoms with Gasteiger partial charge in [-0.1, -0.05) is 128 Å². The number of quaternary nitrogens is 1. The number of carbonyl (C=O) groups is 2. The zero-order chi connectivity index (χ0) is 38.6. The highest BCUT2D eigenvalue weighted by molar-refractivity contribution is 7.47. The van der Waals surface area contributed by atoms with Crippen LogP contribution in [0.1, 0.15) is 181 Å². The first-order valence-electron chi connectivity index (χ1n) is 21.1. The summed E-state index contributed by atoms with van der Waals surface area (Å²) < 4.78 is 34.2. The van der Waals surface area contributed by atoms with E-state index in [2.05, 4.69) is 38.2 Å². The summed E-state index contributed by atoms with van der Waals surface area (Å²) in [6.45, 7) is 4.37. The lowest BCUT2D eigenvalue weighted by molar-refractivity contribution is -0.870. The van der Waals surface area contributed by atoms with Crippen LogP contribution in [0.3, 0.4) is 0 Å². The molecule has 0 aromatic carbocycles. The molecule has 1 N–H and O–H groups in total. The van der Waals surface area contributed by atoms with Crippen LogP contribution in [0.25, 0.3) is 0 Å². The molecule has 1 unspecified atom stereocenters. The Morgan fingerprint density at radius 2 is 0.981 bits per heavy atom. The lowest BCUT2D eigenvalue weighted by Crippen LogP contribution is -2.37. The summed E-state index contributed by atoms with van der Waals surface area (Å²) in [5, 5.41) is 0. The van der Waals surface area contributed by atoms with Gasteiger partial charge in [-0.05, 0) is 64.2 Å². The number of nitrogens with zero attached hydrogens (tertiary/aromatic N) is 1. The maximum atomic E-state index is 12.6. The number of rotatable bonds is 38. The van der Waals surface area contributed by atoms with E-state index in [0.717, 1.165) is 51.4 Å². The van der Waals surface area contributed by atoms with E-state index in [1.807, 2.05) is 21.1 Å². The van der Waals surface area contributed by atoms with Gasteiger partial charge in [0.1, 0.15) is 19.8 Å². The summed E-state index contributed by atoms with van der Waals surface area (Å²) in [7, 11) is 1.46. The van der Waals surface area contributed by atoms with Crippen LogP contribution in [-0.2, 0) is 32.7 Å². The molecule has 0 aliphatic carbocycles. The average molecular weight is 759 g/mol. The molecule has 0 aliphatic rings. The molecule has 0 bridgehead atoms. The van der Waals surface area contributed by atoms with Crippen molar-refractivity contribution in [2.45, 2.75) is 187 Å². The molecular weight excluding hydrogens is 677 g/mol. The molecule has 0 aromatic rings. The van der Waals surface area contributed by atoms with Crippen LogP contribution in [-0.4, -0.2) is 74.9 Å². The van der Waals surface area contributed by atoms with Gasteiger partial charge >= 0.3 is 19.8 Å². The third kappa shape index (κ3) is 38.2. The normalized spacial score (nSPS) is 13.9. The number of phosphoric acid groups is 1. The summed E-state index contributed by atoms with van der Waals surface area (Å²) in [5.74, 6) is -0.834. The number of allylic oxidation sites excluding steroid dienone is 4. The largest absolute Gasteiger partial charge is 0.472 e. The number of hydrogen-bond acceptors (Lipinski definition) is 7. The molecule has 0 rings (SSSR count). The topological polar surface area (TPSA) is 108 Å². The third-order valence-corrected chi connectivity index (χ3v) is 9.94. The molecule has 306 valence electrons. The number of phosphoric ester groups is 1. The van der Waals surface area contributed by atoms with Crippen LogP contribution < -0.4 is 0 Å². The number of likely N-dealkylation sites (N-methyl/N-ethyl adjacent to an activating group) is 1. The van der Waals surface area contributed by atoms with Crippen molar-refractivity contribution in [1.82, 2.24) is 0 Å². The molecule has 52 heavy (non-hydrogen) atoms. The quantitative estimate of drug-likeness (QED) is 0.0218. The number of unbranched alkanes of at least 4 members (excludes halogenated alkanes) is 20. The molecule has 0 amide bonds. The van der Waals surface area contributed by atoms with Gasteiger partial charge in [-0.15, -0.1) is 0 Å². The van der Waals surface area contributed by atoms with Gasteiger partial charge in [-0.25, -0.2) is 4.57 Å². The van der Waals surface area contributed by atoms with Gasteiger partial charge in [-0.2, -0.15) is 0 Å². The molecule has 0 aliphatic heterocycles. The molecule has 0 saturated carbocycles. The maximum absolute atomic E-state index is 12.6. The lowest BCUT2D eigenvalue weighted by Gasteiger charge is -2.24. The standard InChI is InChI=1S/C42H80NO8P/c1-6-8-10-12-14-16-18-20-21-23-24-26-28-30-32-34-41(44)48-38-40(39-50-52(46,47)49-37-36-43(3,4)5)51-42(45)35-33-31-29-27-25-22-19-17-15-13-11-9-7-2/h22-25,40H,6-21,26-39H2,1-5H3/p+1/b24-23+,25-22+/t40-/m1/s1. The van der Waals surface area contributed by atoms with Gasteiger partial charge in [0.25, 0.3) is 0 Å². The Balaban J connectivity index is 4.42. The van der Waals surface area contributed by atoms with Gasteiger partial charge in [0.05, 0.1) is 27.7 Å². The Morgan fingerprint density at radius 3 is 1.42 bits per heavy atom. The van der Waals surface area contributed by atoms with Crippen molar-refractivity contribution >= 4 is 19.8 Å². The molecule has 0 heterocycles. The summed E-state index contributed by atoms with van der Waals surface area (Å²) >= 11 is 0. The number of ether oxygens (including phenoxy) is 2. The van der Waals surface area contributed by atoms with Crippen LogP contribution >= 0.6 is 7.82 Å². The molecule has 0 radical (unpaired) electrons. The van der Waals surface area contributed by atoms with E-state index in [9.17, 15) is 19.0 Å². The minimum Gasteiger partial charge on any atom is -0.462 e. The van der Waals surface area contributed by atoms with E-state index >= 15 is 0 Å². The van der Waals surface area contributed by atoms with Crippen molar-refractivity contribution in [2.24, 2.45) is 0 Å². The second-order valence-corrected chi connectivity index (χ2v) is 16.8. The second kappa shape index (κ2) is 35.2. The first-order valence-corrected chi connectivity index (χ1v) is 22.6. The van der Waals surface area contributed by atoms with Crippen molar-refractivity contribution in [2.75, 3.05) is 47.5 Å². The van der Waals surface area contributed by atoms with E-state index in [1.165, 1.54) is 89.9 Å². The minimum atomic E-state index is -4.37. The molecule has 0 aromatic heterocycles. The fourth-order valence-corrected chi connectivity index (χ4v) is 6.33. The Kier molecular flexibility index (Phi) is 34.2. The van der Waals surface area contributed by atoms with E-state index in [4.69, 9.17) is 18.5 Å². The van der Waals surface area contributed by atoms with Crippen LogP contribution in [0, 0.1) is 0 Å².